The van der Waals surface area contributed by atoms with E-state index in [0.29, 0.717) is 12.3 Å². The van der Waals surface area contributed by atoms with Crippen LogP contribution in [0.25, 0.3) is 21.3 Å². The van der Waals surface area contributed by atoms with Crippen LogP contribution in [0.5, 0.6) is 0 Å². The average Bonchev–Trinajstić information content (AvgIpc) is 3.25. The maximum Gasteiger partial charge on any atom is 0.231 e. The largest absolute Gasteiger partial charge is 0.423 e. The van der Waals surface area contributed by atoms with Crippen LogP contribution in [0.3, 0.4) is 0 Å². The summed E-state index contributed by atoms with van der Waals surface area (Å²) in [4.78, 5) is 4.56. The Kier molecular flexibility index (Phi) is 4.92. The molecule has 28 heavy (non-hydrogen) atoms. The van der Waals surface area contributed by atoms with Crippen molar-refractivity contribution in [3.05, 3.63) is 65.1 Å². The van der Waals surface area contributed by atoms with Gasteiger partial charge in [0.1, 0.15) is 10.8 Å². The third kappa shape index (κ3) is 4.41. The molecule has 0 atom stereocenters. The first-order valence-electron chi connectivity index (χ1n) is 8.27. The van der Waals surface area contributed by atoms with Crippen molar-refractivity contribution in [2.45, 2.75) is 13.0 Å². The van der Waals surface area contributed by atoms with Gasteiger partial charge in [-0.05, 0) is 35.4 Å². The van der Waals surface area contributed by atoms with E-state index in [4.69, 9.17) is 4.42 Å². The number of aromatic nitrogens is 3. The average molecular weight is 418 g/mol. The van der Waals surface area contributed by atoms with Gasteiger partial charge in [-0.2, -0.15) is 0 Å². The lowest BCUT2D eigenvalue weighted by atomic mass is 10.1. The lowest BCUT2D eigenvalue weighted by Crippen LogP contribution is -2.21. The van der Waals surface area contributed by atoms with E-state index in [1.807, 2.05) is 24.3 Å². The third-order valence-electron chi connectivity index (χ3n) is 3.89. The molecule has 0 aliphatic carbocycles. The van der Waals surface area contributed by atoms with Crippen LogP contribution in [0.4, 0.5) is 4.39 Å². The second-order valence-electron chi connectivity index (χ2n) is 6.16. The first kappa shape index (κ1) is 18.7. The summed E-state index contributed by atoms with van der Waals surface area (Å²) in [5, 5.41) is 8.55. The molecule has 2 aromatic heterocycles. The molecule has 144 valence electrons. The molecular weight excluding hydrogens is 403 g/mol. The van der Waals surface area contributed by atoms with Gasteiger partial charge in [0.15, 0.2) is 0 Å². The molecule has 0 unspecified atom stereocenters. The molecule has 0 aliphatic heterocycles. The second kappa shape index (κ2) is 7.38. The van der Waals surface area contributed by atoms with E-state index < -0.39 is 10.0 Å². The number of rotatable bonds is 6. The van der Waals surface area contributed by atoms with Crippen molar-refractivity contribution in [1.29, 1.82) is 0 Å². The Morgan fingerprint density at radius 2 is 1.89 bits per heavy atom. The van der Waals surface area contributed by atoms with Gasteiger partial charge >= 0.3 is 0 Å². The molecule has 0 aliphatic rings. The first-order valence-corrected chi connectivity index (χ1v) is 11.0. The Labute approximate surface area is 164 Å². The zero-order chi connectivity index (χ0) is 19.7. The summed E-state index contributed by atoms with van der Waals surface area (Å²) in [5.74, 6) is 0.268. The highest BCUT2D eigenvalue weighted by molar-refractivity contribution is 7.88. The quantitative estimate of drug-likeness (QED) is 0.517. The fraction of sp³-hybridized carbons (Fsp3) is 0.167. The molecule has 2 heterocycles. The van der Waals surface area contributed by atoms with Gasteiger partial charge in [0.05, 0.1) is 29.4 Å². The van der Waals surface area contributed by atoms with Gasteiger partial charge in [-0.1, -0.05) is 18.2 Å². The number of hydrogen-bond acceptors (Lipinski definition) is 7. The number of nitrogens with one attached hydrogen (secondary N) is 1. The highest BCUT2D eigenvalue weighted by atomic mass is 32.2. The van der Waals surface area contributed by atoms with Crippen LogP contribution in [0.1, 0.15) is 16.8 Å². The fourth-order valence-electron chi connectivity index (χ4n) is 2.65. The van der Waals surface area contributed by atoms with E-state index in [-0.39, 0.29) is 18.3 Å². The summed E-state index contributed by atoms with van der Waals surface area (Å²) >= 11 is 1.49. The van der Waals surface area contributed by atoms with Crippen LogP contribution in [0.2, 0.25) is 0 Å². The van der Waals surface area contributed by atoms with E-state index in [9.17, 15) is 12.8 Å². The van der Waals surface area contributed by atoms with Crippen molar-refractivity contribution in [2.24, 2.45) is 0 Å². The van der Waals surface area contributed by atoms with Crippen molar-refractivity contribution in [2.75, 3.05) is 6.26 Å². The van der Waals surface area contributed by atoms with Crippen LogP contribution >= 0.6 is 11.3 Å². The molecule has 0 fully saturated rings. The summed E-state index contributed by atoms with van der Waals surface area (Å²) in [6.45, 7) is -0.0529. The Bertz CT molecular complexity index is 1250. The fourth-order valence-corrected chi connectivity index (χ4v) is 4.03. The SMILES string of the molecule is CS(=O)(=O)NCc1nnc(Cc2nc3ccc(-c4cccc(F)c4)cc3s2)o1. The predicted molar refractivity (Wildman–Crippen MR) is 104 cm³/mol. The molecule has 4 rings (SSSR count). The van der Waals surface area contributed by atoms with Crippen molar-refractivity contribution in [1.82, 2.24) is 19.9 Å². The number of hydrogen-bond donors (Lipinski definition) is 1. The minimum atomic E-state index is -3.33. The third-order valence-corrected chi connectivity index (χ3v) is 5.57. The minimum absolute atomic E-state index is 0.0529. The molecule has 4 aromatic rings. The zero-order valence-corrected chi connectivity index (χ0v) is 16.3. The Balaban J connectivity index is 1.53. The number of thiazole rings is 1. The van der Waals surface area contributed by atoms with Crippen LogP contribution in [-0.2, 0) is 23.0 Å². The minimum Gasteiger partial charge on any atom is -0.423 e. The molecule has 0 amide bonds. The topological polar surface area (TPSA) is 98.0 Å². The number of fused-ring (bicyclic) bond motifs is 1. The van der Waals surface area contributed by atoms with Gasteiger partial charge in [-0.25, -0.2) is 22.5 Å². The highest BCUT2D eigenvalue weighted by Gasteiger charge is 2.12. The van der Waals surface area contributed by atoms with E-state index in [1.54, 1.807) is 6.07 Å². The molecule has 0 saturated heterocycles. The van der Waals surface area contributed by atoms with Gasteiger partial charge in [-0.15, -0.1) is 21.5 Å². The molecule has 2 aromatic carbocycles. The smallest absolute Gasteiger partial charge is 0.231 e. The summed E-state index contributed by atoms with van der Waals surface area (Å²) in [5.41, 5.74) is 2.55. The summed E-state index contributed by atoms with van der Waals surface area (Å²) in [6, 6.07) is 12.2. The maximum absolute atomic E-state index is 13.5. The van der Waals surface area contributed by atoms with Crippen LogP contribution in [-0.4, -0.2) is 29.9 Å². The van der Waals surface area contributed by atoms with Crippen molar-refractivity contribution >= 4 is 31.6 Å². The Morgan fingerprint density at radius 1 is 1.11 bits per heavy atom. The van der Waals surface area contributed by atoms with E-state index >= 15 is 0 Å². The Morgan fingerprint density at radius 3 is 2.68 bits per heavy atom. The van der Waals surface area contributed by atoms with Gasteiger partial charge in [0.2, 0.25) is 21.8 Å². The Hall–Kier alpha value is -2.69. The van der Waals surface area contributed by atoms with Crippen molar-refractivity contribution < 1.29 is 17.2 Å². The lowest BCUT2D eigenvalue weighted by Gasteiger charge is -2.01. The van der Waals surface area contributed by atoms with Gasteiger partial charge in [0.25, 0.3) is 0 Å². The van der Waals surface area contributed by atoms with E-state index in [1.165, 1.54) is 23.5 Å². The van der Waals surface area contributed by atoms with Crippen LogP contribution in [0.15, 0.2) is 46.9 Å². The molecule has 0 spiro atoms. The maximum atomic E-state index is 13.5. The number of sulfonamides is 1. The molecule has 1 N–H and O–H groups in total. The predicted octanol–water partition coefficient (Wildman–Crippen LogP) is 3.13. The molecule has 0 radical (unpaired) electrons. The summed E-state index contributed by atoms with van der Waals surface area (Å²) in [7, 11) is -3.33. The monoisotopic (exact) mass is 418 g/mol. The summed E-state index contributed by atoms with van der Waals surface area (Å²) in [6.07, 6.45) is 1.41. The van der Waals surface area contributed by atoms with Crippen LogP contribution in [0, 0.1) is 5.82 Å². The second-order valence-corrected chi connectivity index (χ2v) is 9.11. The molecule has 10 heteroatoms. The van der Waals surface area contributed by atoms with Gasteiger partial charge in [-0.3, -0.25) is 0 Å². The van der Waals surface area contributed by atoms with Gasteiger partial charge < -0.3 is 4.42 Å². The van der Waals surface area contributed by atoms with E-state index in [0.717, 1.165) is 32.6 Å². The van der Waals surface area contributed by atoms with E-state index in [2.05, 4.69) is 19.9 Å². The number of benzene rings is 2. The lowest BCUT2D eigenvalue weighted by molar-refractivity contribution is 0.451. The highest BCUT2D eigenvalue weighted by Crippen LogP contribution is 2.29. The molecular formula is C18H15FN4O3S2. The summed E-state index contributed by atoms with van der Waals surface area (Å²) < 4.78 is 44.4. The zero-order valence-electron chi connectivity index (χ0n) is 14.7. The number of halogens is 1. The normalized spacial score (nSPS) is 11.9. The standard InChI is InChI=1S/C18H15FN4O3S2/c1-28(24,25)20-10-17-23-22-16(26-17)9-18-21-14-6-5-12(8-15(14)27-18)11-3-2-4-13(19)7-11/h2-8,20H,9-10H2,1H3. The van der Waals surface area contributed by atoms with Gasteiger partial charge in [0, 0.05) is 0 Å². The van der Waals surface area contributed by atoms with Crippen LogP contribution < -0.4 is 4.72 Å². The first-order chi connectivity index (χ1) is 13.4. The van der Waals surface area contributed by atoms with Crippen molar-refractivity contribution in [3.8, 4) is 11.1 Å². The van der Waals surface area contributed by atoms with Crippen molar-refractivity contribution in [3.63, 3.8) is 0 Å². The molecule has 0 saturated carbocycles. The number of nitrogens with zero attached hydrogens (tertiary/aromatic N) is 3. The molecule has 7 nitrogen and oxygen atoms in total. The molecule has 0 bridgehead atoms.